The zero-order chi connectivity index (χ0) is 14.1. The molecule has 0 amide bonds. The number of hydrogen-bond donors (Lipinski definition) is 0. The van der Waals surface area contributed by atoms with Crippen molar-refractivity contribution in [1.29, 1.82) is 5.26 Å². The van der Waals surface area contributed by atoms with Gasteiger partial charge < -0.3 is 0 Å². The summed E-state index contributed by atoms with van der Waals surface area (Å²) >= 11 is 1.27. The summed E-state index contributed by atoms with van der Waals surface area (Å²) in [5.74, 6) is 0.277. The third-order valence-electron chi connectivity index (χ3n) is 3.17. The Hall–Kier alpha value is -2.32. The first-order valence-electron chi connectivity index (χ1n) is 6.10. The molecule has 3 rings (SSSR count). The molecule has 0 atom stereocenters. The third-order valence-corrected chi connectivity index (χ3v) is 4.06. The first kappa shape index (κ1) is 12.7. The molecule has 0 N–H and O–H groups in total. The largest absolute Gasteiger partial charge is 0.290 e. The summed E-state index contributed by atoms with van der Waals surface area (Å²) in [6, 6.07) is 13.7. The van der Waals surface area contributed by atoms with Crippen molar-refractivity contribution in [3.63, 3.8) is 0 Å². The molecule has 2 aromatic carbocycles. The van der Waals surface area contributed by atoms with Gasteiger partial charge in [0.25, 0.3) is 5.56 Å². The molecule has 0 radical (unpaired) electrons. The fraction of sp³-hybridized carbons (Fsp3) is 0.133. The average molecular weight is 281 g/mol. The third kappa shape index (κ3) is 2.04. The van der Waals surface area contributed by atoms with E-state index in [0.717, 1.165) is 10.8 Å². The predicted molar refractivity (Wildman–Crippen MR) is 80.8 cm³/mol. The Bertz CT molecular complexity index is 909. The van der Waals surface area contributed by atoms with Gasteiger partial charge in [-0.05, 0) is 22.9 Å². The van der Waals surface area contributed by atoms with Crippen LogP contribution < -0.4 is 5.56 Å². The Balaban J connectivity index is 2.33. The van der Waals surface area contributed by atoms with Crippen molar-refractivity contribution in [2.75, 3.05) is 5.75 Å². The summed E-state index contributed by atoms with van der Waals surface area (Å²) in [4.78, 5) is 16.9. The number of nitrogens with zero attached hydrogens (tertiary/aromatic N) is 3. The number of nitriles is 1. The topological polar surface area (TPSA) is 58.7 Å². The SMILES string of the molecule is Cn1c(SCC#N)nc2cc3ccccc3cc2c1=O. The van der Waals surface area contributed by atoms with E-state index in [9.17, 15) is 4.79 Å². The van der Waals surface area contributed by atoms with Gasteiger partial charge in [-0.2, -0.15) is 5.26 Å². The van der Waals surface area contributed by atoms with Crippen LogP contribution in [0.15, 0.2) is 46.3 Å². The molecule has 5 heteroatoms. The van der Waals surface area contributed by atoms with Gasteiger partial charge in [-0.25, -0.2) is 4.98 Å². The van der Waals surface area contributed by atoms with Crippen molar-refractivity contribution < 1.29 is 0 Å². The highest BCUT2D eigenvalue weighted by Gasteiger charge is 2.09. The van der Waals surface area contributed by atoms with E-state index in [2.05, 4.69) is 4.98 Å². The van der Waals surface area contributed by atoms with E-state index < -0.39 is 0 Å². The molecule has 0 saturated heterocycles. The Kier molecular flexibility index (Phi) is 3.17. The highest BCUT2D eigenvalue weighted by Crippen LogP contribution is 2.21. The van der Waals surface area contributed by atoms with Crippen molar-refractivity contribution in [2.45, 2.75) is 5.16 Å². The highest BCUT2D eigenvalue weighted by molar-refractivity contribution is 7.99. The van der Waals surface area contributed by atoms with E-state index in [1.54, 1.807) is 7.05 Å². The molecular weight excluding hydrogens is 270 g/mol. The molecule has 0 aliphatic rings. The van der Waals surface area contributed by atoms with E-state index in [0.29, 0.717) is 16.1 Å². The van der Waals surface area contributed by atoms with Crippen LogP contribution in [-0.2, 0) is 7.05 Å². The molecule has 98 valence electrons. The van der Waals surface area contributed by atoms with Crippen LogP contribution in [0.4, 0.5) is 0 Å². The fourth-order valence-electron chi connectivity index (χ4n) is 2.16. The summed E-state index contributed by atoms with van der Waals surface area (Å²) in [6.07, 6.45) is 0. The van der Waals surface area contributed by atoms with Gasteiger partial charge in [0.1, 0.15) is 0 Å². The van der Waals surface area contributed by atoms with Gasteiger partial charge in [0.15, 0.2) is 5.16 Å². The molecule has 3 aromatic rings. The van der Waals surface area contributed by atoms with Crippen molar-refractivity contribution in [3.05, 3.63) is 46.8 Å². The first-order chi connectivity index (χ1) is 9.70. The Morgan fingerprint density at radius 2 is 2.00 bits per heavy atom. The zero-order valence-electron chi connectivity index (χ0n) is 10.8. The summed E-state index contributed by atoms with van der Waals surface area (Å²) in [5.41, 5.74) is 0.591. The number of fused-ring (bicyclic) bond motifs is 2. The minimum atomic E-state index is -0.0822. The van der Waals surface area contributed by atoms with Crippen molar-refractivity contribution >= 4 is 33.4 Å². The summed E-state index contributed by atoms with van der Waals surface area (Å²) < 4.78 is 1.50. The summed E-state index contributed by atoms with van der Waals surface area (Å²) in [5, 5.41) is 11.9. The van der Waals surface area contributed by atoms with Gasteiger partial charge in [-0.15, -0.1) is 0 Å². The Labute approximate surface area is 119 Å². The lowest BCUT2D eigenvalue weighted by molar-refractivity contribution is 0.727. The molecule has 4 nitrogen and oxygen atoms in total. The smallest absolute Gasteiger partial charge is 0.261 e. The number of benzene rings is 2. The summed E-state index contributed by atoms with van der Waals surface area (Å²) in [7, 11) is 1.68. The Morgan fingerprint density at radius 3 is 2.70 bits per heavy atom. The van der Waals surface area contributed by atoms with Crippen LogP contribution >= 0.6 is 11.8 Å². The van der Waals surface area contributed by atoms with Gasteiger partial charge in [-0.3, -0.25) is 9.36 Å². The molecule has 0 saturated carbocycles. The van der Waals surface area contributed by atoms with E-state index in [1.165, 1.54) is 16.3 Å². The van der Waals surface area contributed by atoms with Crippen LogP contribution in [0.5, 0.6) is 0 Å². The molecule has 0 bridgehead atoms. The molecule has 1 aromatic heterocycles. The van der Waals surface area contributed by atoms with Crippen molar-refractivity contribution in [1.82, 2.24) is 9.55 Å². The minimum Gasteiger partial charge on any atom is -0.290 e. The molecule has 0 unspecified atom stereocenters. The second kappa shape index (κ2) is 4.99. The number of thioether (sulfide) groups is 1. The van der Waals surface area contributed by atoms with Gasteiger partial charge in [0.2, 0.25) is 0 Å². The molecule has 0 aliphatic carbocycles. The molecule has 0 aliphatic heterocycles. The predicted octanol–water partition coefficient (Wildman–Crippen LogP) is 2.70. The molecule has 0 spiro atoms. The monoisotopic (exact) mass is 281 g/mol. The van der Waals surface area contributed by atoms with Crippen LogP contribution in [0.3, 0.4) is 0 Å². The van der Waals surface area contributed by atoms with E-state index in [-0.39, 0.29) is 11.3 Å². The van der Waals surface area contributed by atoms with Crippen LogP contribution in [-0.4, -0.2) is 15.3 Å². The molecule has 0 fully saturated rings. The lowest BCUT2D eigenvalue weighted by atomic mass is 10.1. The standard InChI is InChI=1S/C15H11N3OS/c1-18-14(19)12-8-10-4-2-3-5-11(10)9-13(12)17-15(18)20-7-6-16/h2-5,8-9H,7H2,1H3. The maximum Gasteiger partial charge on any atom is 0.261 e. The van der Waals surface area contributed by atoms with Gasteiger partial charge in [-0.1, -0.05) is 36.0 Å². The number of rotatable bonds is 2. The van der Waals surface area contributed by atoms with Crippen LogP contribution in [0.2, 0.25) is 0 Å². The van der Waals surface area contributed by atoms with E-state index in [4.69, 9.17) is 5.26 Å². The van der Waals surface area contributed by atoms with Crippen LogP contribution in [0.25, 0.3) is 21.7 Å². The van der Waals surface area contributed by atoms with Crippen LogP contribution in [0, 0.1) is 11.3 Å². The lowest BCUT2D eigenvalue weighted by Gasteiger charge is -2.08. The Morgan fingerprint density at radius 1 is 1.30 bits per heavy atom. The quantitative estimate of drug-likeness (QED) is 0.412. The van der Waals surface area contributed by atoms with Gasteiger partial charge >= 0.3 is 0 Å². The zero-order valence-corrected chi connectivity index (χ0v) is 11.6. The van der Waals surface area contributed by atoms with E-state index >= 15 is 0 Å². The van der Waals surface area contributed by atoms with E-state index in [1.807, 2.05) is 42.5 Å². The van der Waals surface area contributed by atoms with Crippen LogP contribution in [0.1, 0.15) is 0 Å². The maximum absolute atomic E-state index is 12.4. The van der Waals surface area contributed by atoms with Gasteiger partial charge in [0, 0.05) is 7.05 Å². The first-order valence-corrected chi connectivity index (χ1v) is 7.08. The summed E-state index contributed by atoms with van der Waals surface area (Å²) in [6.45, 7) is 0. The van der Waals surface area contributed by atoms with Crippen molar-refractivity contribution in [3.8, 4) is 6.07 Å². The average Bonchev–Trinajstić information content (AvgIpc) is 2.48. The molecular formula is C15H11N3OS. The number of aromatic nitrogens is 2. The fourth-order valence-corrected chi connectivity index (χ4v) is 2.80. The lowest BCUT2D eigenvalue weighted by Crippen LogP contribution is -2.20. The minimum absolute atomic E-state index is 0.0822. The number of hydrogen-bond acceptors (Lipinski definition) is 4. The van der Waals surface area contributed by atoms with Crippen molar-refractivity contribution in [2.24, 2.45) is 7.05 Å². The molecule has 20 heavy (non-hydrogen) atoms. The second-order valence-electron chi connectivity index (χ2n) is 4.42. The second-order valence-corrected chi connectivity index (χ2v) is 5.36. The van der Waals surface area contributed by atoms with Gasteiger partial charge in [0.05, 0.1) is 22.7 Å². The normalized spacial score (nSPS) is 10.8. The maximum atomic E-state index is 12.4. The highest BCUT2D eigenvalue weighted by atomic mass is 32.2. The molecule has 1 heterocycles.